The Balaban J connectivity index is 2.32. The summed E-state index contributed by atoms with van der Waals surface area (Å²) in [6.45, 7) is 16.4. The molecule has 0 aliphatic carbocycles. The van der Waals surface area contributed by atoms with Crippen molar-refractivity contribution in [3.63, 3.8) is 0 Å². The zero-order valence-electron chi connectivity index (χ0n) is 25.6. The zero-order chi connectivity index (χ0) is 28.2. The van der Waals surface area contributed by atoms with Crippen LogP contribution in [0.1, 0.15) is 54.4 Å². The number of hydrogen-bond donors (Lipinski definition) is 0. The molecule has 1 saturated heterocycles. The summed E-state index contributed by atoms with van der Waals surface area (Å²) < 4.78 is 25.4. The Bertz CT molecular complexity index is 940. The maximum absolute atomic E-state index is 7.83. The quantitative estimate of drug-likeness (QED) is 0.292. The molecule has 0 spiro atoms. The summed E-state index contributed by atoms with van der Waals surface area (Å²) in [5, 5.41) is 2.45. The topological polar surface area (TPSA) is 34.2 Å². The molecule has 5 nitrogen and oxygen atoms in total. The molecule has 0 aromatic heterocycles. The Hall–Kier alpha value is 0.0543. The Labute approximate surface area is 244 Å². The van der Waals surface area contributed by atoms with Crippen molar-refractivity contribution >= 4 is 57.3 Å². The van der Waals surface area contributed by atoms with Gasteiger partial charge in [-0.15, -0.1) is 0 Å². The molecule has 38 heavy (non-hydrogen) atoms. The van der Waals surface area contributed by atoms with Gasteiger partial charge in [-0.2, -0.15) is 0 Å². The van der Waals surface area contributed by atoms with Crippen LogP contribution in [0.2, 0.25) is 15.7 Å². The average molecular weight is 754 g/mol. The molecule has 2 aromatic carbocycles. The summed E-state index contributed by atoms with van der Waals surface area (Å²) in [6.07, 6.45) is 2.21. The molecular formula is C30H52N2O3SiSn2. The van der Waals surface area contributed by atoms with E-state index in [2.05, 4.69) is 140 Å². The summed E-state index contributed by atoms with van der Waals surface area (Å²) in [5.41, 5.74) is 0. The van der Waals surface area contributed by atoms with Gasteiger partial charge in [-0.25, -0.2) is 0 Å². The molecular weight excluding hydrogens is 702 g/mol. The van der Waals surface area contributed by atoms with Crippen molar-refractivity contribution in [3.05, 3.63) is 60.7 Å². The fourth-order valence-corrected chi connectivity index (χ4v) is 77.7. The minimum absolute atomic E-state index is 0.0518. The summed E-state index contributed by atoms with van der Waals surface area (Å²) in [6, 6.07) is 21.8. The van der Waals surface area contributed by atoms with Gasteiger partial charge in [0.2, 0.25) is 0 Å². The zero-order valence-corrected chi connectivity index (χ0v) is 32.3. The number of nitrogens with zero attached hydrogens (tertiary/aromatic N) is 2. The van der Waals surface area contributed by atoms with Gasteiger partial charge in [-0.3, -0.25) is 0 Å². The van der Waals surface area contributed by atoms with Crippen LogP contribution in [0.4, 0.5) is 0 Å². The number of rotatable bonds is 10. The molecule has 0 radical (unpaired) electrons. The van der Waals surface area contributed by atoms with Crippen LogP contribution in [0.15, 0.2) is 60.7 Å². The number of benzene rings is 2. The van der Waals surface area contributed by atoms with E-state index in [9.17, 15) is 0 Å². The Morgan fingerprint density at radius 3 is 1.37 bits per heavy atom. The molecule has 2 aromatic rings. The second kappa shape index (κ2) is 12.9. The van der Waals surface area contributed by atoms with Crippen molar-refractivity contribution in [3.8, 4) is 0 Å². The van der Waals surface area contributed by atoms with Crippen molar-refractivity contribution in [2.75, 3.05) is 41.3 Å². The van der Waals surface area contributed by atoms with E-state index in [0.717, 1.165) is 34.8 Å². The first-order chi connectivity index (χ1) is 17.7. The third-order valence-corrected chi connectivity index (χ3v) is 53.7. The average Bonchev–Trinajstić information content (AvgIpc) is 2.83. The maximum atomic E-state index is 7.83. The summed E-state index contributed by atoms with van der Waals surface area (Å²) >= 11 is -7.67. The fourth-order valence-electron chi connectivity index (χ4n) is 5.90. The SMILES string of the molecule is CN(C)CC[CH2][Sn]1([CH2]CCN(C)C)[O][Si](c2ccccc2)(c2ccccc2)[O][Sn]([C](C)(C)C)([C](C)(C)C)[O]1. The van der Waals surface area contributed by atoms with E-state index in [-0.39, 0.29) is 6.86 Å². The third-order valence-electron chi connectivity index (χ3n) is 7.56. The van der Waals surface area contributed by atoms with Crippen LogP contribution < -0.4 is 10.4 Å². The molecule has 1 aliphatic heterocycles. The van der Waals surface area contributed by atoms with E-state index in [0.29, 0.717) is 0 Å². The Kier molecular flexibility index (Phi) is 11.1. The predicted octanol–water partition coefficient (Wildman–Crippen LogP) is 5.69. The van der Waals surface area contributed by atoms with E-state index in [1.165, 1.54) is 10.4 Å². The predicted molar refractivity (Wildman–Crippen MR) is 168 cm³/mol. The van der Waals surface area contributed by atoms with Gasteiger partial charge in [0.25, 0.3) is 0 Å². The molecule has 0 atom stereocenters. The minimum atomic E-state index is -3.94. The molecule has 0 unspecified atom stereocenters. The molecule has 8 heteroatoms. The number of hydrogen-bond acceptors (Lipinski definition) is 5. The van der Waals surface area contributed by atoms with Crippen molar-refractivity contribution in [1.29, 1.82) is 0 Å². The van der Waals surface area contributed by atoms with Crippen LogP contribution in [0, 0.1) is 0 Å². The van der Waals surface area contributed by atoms with Gasteiger partial charge in [0, 0.05) is 0 Å². The van der Waals surface area contributed by atoms with E-state index < -0.39 is 47.0 Å². The molecule has 3 rings (SSSR count). The molecule has 1 fully saturated rings. The van der Waals surface area contributed by atoms with E-state index in [4.69, 9.17) is 6.94 Å². The van der Waals surface area contributed by atoms with Crippen molar-refractivity contribution < 1.29 is 6.94 Å². The van der Waals surface area contributed by atoms with Crippen LogP contribution in [-0.2, 0) is 6.94 Å². The monoisotopic (exact) mass is 756 g/mol. The first-order valence-electron chi connectivity index (χ1n) is 14.2. The normalized spacial score (nSPS) is 19.2. The molecule has 0 N–H and O–H groups in total. The van der Waals surface area contributed by atoms with Gasteiger partial charge in [0.15, 0.2) is 0 Å². The molecule has 1 aliphatic rings. The van der Waals surface area contributed by atoms with Crippen LogP contribution >= 0.6 is 0 Å². The third kappa shape index (κ3) is 7.27. The molecule has 0 saturated carbocycles. The van der Waals surface area contributed by atoms with Gasteiger partial charge in [0.05, 0.1) is 0 Å². The summed E-state index contributed by atoms with van der Waals surface area (Å²) in [7, 11) is 5.62. The van der Waals surface area contributed by atoms with Crippen LogP contribution in [-0.4, -0.2) is 98.1 Å². The molecule has 0 amide bonds. The summed E-state index contributed by atoms with van der Waals surface area (Å²) in [4.78, 5) is 4.59. The molecule has 0 bridgehead atoms. The standard InChI is InChI=1S/C12H10O2Si.2C5H12N.2C4H9.O.2Sn/c13-15(14,11-7-3-1-4-8-11)12-9-5-2-6-10-12;2*1-4-5-6(2)3;2*1-4(2)3;;;/h1-10H;2*1,4-5H2,2-3H3;2*1-3H3;;;/q-2;;;;;;2*+1. The van der Waals surface area contributed by atoms with Crippen LogP contribution in [0.25, 0.3) is 0 Å². The van der Waals surface area contributed by atoms with Crippen molar-refractivity contribution in [1.82, 2.24) is 9.80 Å². The van der Waals surface area contributed by atoms with Gasteiger partial charge < -0.3 is 0 Å². The first kappa shape index (κ1) is 32.6. The first-order valence-corrected chi connectivity index (χ1v) is 27.5. The van der Waals surface area contributed by atoms with Gasteiger partial charge in [-0.1, -0.05) is 0 Å². The second-order valence-electron chi connectivity index (χ2n) is 13.5. The van der Waals surface area contributed by atoms with Crippen LogP contribution in [0.5, 0.6) is 0 Å². The van der Waals surface area contributed by atoms with E-state index in [1.54, 1.807) is 0 Å². The van der Waals surface area contributed by atoms with Crippen molar-refractivity contribution in [2.24, 2.45) is 0 Å². The van der Waals surface area contributed by atoms with E-state index in [1.807, 2.05) is 0 Å². The molecule has 1 heterocycles. The Morgan fingerprint density at radius 2 is 1.03 bits per heavy atom. The fraction of sp³-hybridized carbons (Fsp3) is 0.600. The summed E-state index contributed by atoms with van der Waals surface area (Å²) in [5.74, 6) is 0. The van der Waals surface area contributed by atoms with Crippen LogP contribution in [0.3, 0.4) is 0 Å². The Morgan fingerprint density at radius 1 is 0.632 bits per heavy atom. The molecule has 212 valence electrons. The van der Waals surface area contributed by atoms with Gasteiger partial charge >= 0.3 is 246 Å². The van der Waals surface area contributed by atoms with Crippen molar-refractivity contribution in [2.45, 2.75) is 70.1 Å². The van der Waals surface area contributed by atoms with E-state index >= 15 is 0 Å². The van der Waals surface area contributed by atoms with Gasteiger partial charge in [0.1, 0.15) is 0 Å². The second-order valence-corrected chi connectivity index (χ2v) is 44.4. The van der Waals surface area contributed by atoms with Gasteiger partial charge in [-0.05, 0) is 0 Å².